The van der Waals surface area contributed by atoms with Crippen molar-refractivity contribution in [1.29, 1.82) is 0 Å². The quantitative estimate of drug-likeness (QED) is 0.393. The van der Waals surface area contributed by atoms with Crippen LogP contribution in [0.3, 0.4) is 0 Å². The van der Waals surface area contributed by atoms with Gasteiger partial charge in [-0.2, -0.15) is 5.10 Å². The highest BCUT2D eigenvalue weighted by molar-refractivity contribution is 7.22. The van der Waals surface area contributed by atoms with E-state index in [1.54, 1.807) is 6.92 Å². The number of aromatic nitrogens is 1. The van der Waals surface area contributed by atoms with E-state index in [2.05, 4.69) is 15.5 Å². The summed E-state index contributed by atoms with van der Waals surface area (Å²) in [7, 11) is 0. The fourth-order valence-electron chi connectivity index (χ4n) is 1.93. The van der Waals surface area contributed by atoms with Gasteiger partial charge in [0.15, 0.2) is 0 Å². The maximum Gasteiger partial charge on any atom is 0.204 e. The lowest BCUT2D eigenvalue weighted by Crippen LogP contribution is -1.99. The van der Waals surface area contributed by atoms with Crippen molar-refractivity contribution in [2.24, 2.45) is 5.10 Å². The molecule has 0 unspecified atom stereocenters. The fourth-order valence-corrected chi connectivity index (χ4v) is 2.73. The molecule has 0 amide bonds. The van der Waals surface area contributed by atoms with Crippen LogP contribution in [-0.2, 0) is 0 Å². The van der Waals surface area contributed by atoms with E-state index < -0.39 is 0 Å². The van der Waals surface area contributed by atoms with Crippen LogP contribution in [-0.4, -0.2) is 20.9 Å². The third-order valence-electron chi connectivity index (χ3n) is 2.98. The first-order valence-electron chi connectivity index (χ1n) is 6.32. The Morgan fingerprint density at radius 2 is 2.00 bits per heavy atom. The van der Waals surface area contributed by atoms with Crippen LogP contribution in [0.25, 0.3) is 10.2 Å². The molecule has 106 valence electrons. The molecule has 0 bridgehead atoms. The second-order valence-corrected chi connectivity index (χ2v) is 5.53. The molecule has 1 aromatic heterocycles. The zero-order valence-electron chi connectivity index (χ0n) is 11.2. The summed E-state index contributed by atoms with van der Waals surface area (Å²) in [5.41, 5.74) is 4.83. The molecule has 0 saturated heterocycles. The number of fused-ring (bicyclic) bond motifs is 1. The van der Waals surface area contributed by atoms with Crippen LogP contribution in [0, 0.1) is 0 Å². The van der Waals surface area contributed by atoms with Crippen molar-refractivity contribution in [2.75, 3.05) is 5.43 Å². The highest BCUT2D eigenvalue weighted by atomic mass is 32.1. The molecule has 3 aromatic rings. The minimum Gasteiger partial charge on any atom is -0.508 e. The van der Waals surface area contributed by atoms with Crippen LogP contribution in [0.1, 0.15) is 12.5 Å². The first-order valence-corrected chi connectivity index (χ1v) is 7.13. The number of hydrazone groups is 1. The number of rotatable bonds is 3. The first-order chi connectivity index (χ1) is 10.1. The van der Waals surface area contributed by atoms with Crippen LogP contribution in [0.4, 0.5) is 5.13 Å². The van der Waals surface area contributed by atoms with Crippen LogP contribution in [0.2, 0.25) is 0 Å². The summed E-state index contributed by atoms with van der Waals surface area (Å²) in [4.78, 5) is 4.41. The van der Waals surface area contributed by atoms with E-state index in [0.29, 0.717) is 16.4 Å². The Kier molecular flexibility index (Phi) is 3.45. The molecule has 5 nitrogen and oxygen atoms in total. The van der Waals surface area contributed by atoms with Gasteiger partial charge in [0, 0.05) is 5.56 Å². The van der Waals surface area contributed by atoms with Gasteiger partial charge in [-0.3, -0.25) is 5.43 Å². The molecule has 0 radical (unpaired) electrons. The maximum atomic E-state index is 9.78. The molecule has 0 saturated carbocycles. The average Bonchev–Trinajstić information content (AvgIpc) is 2.90. The maximum absolute atomic E-state index is 9.78. The van der Waals surface area contributed by atoms with Gasteiger partial charge in [-0.05, 0) is 37.3 Å². The van der Waals surface area contributed by atoms with E-state index in [4.69, 9.17) is 0 Å². The number of anilines is 1. The van der Waals surface area contributed by atoms with Crippen LogP contribution >= 0.6 is 11.3 Å². The summed E-state index contributed by atoms with van der Waals surface area (Å²) >= 11 is 1.50. The third kappa shape index (κ3) is 2.80. The molecule has 1 heterocycles. The van der Waals surface area contributed by atoms with Gasteiger partial charge in [0.1, 0.15) is 11.5 Å². The predicted molar refractivity (Wildman–Crippen MR) is 85.2 cm³/mol. The van der Waals surface area contributed by atoms with Crippen LogP contribution in [0.15, 0.2) is 47.6 Å². The fraction of sp³-hybridized carbons (Fsp3) is 0.0667. The minimum absolute atomic E-state index is 0.0696. The number of benzene rings is 2. The predicted octanol–water partition coefficient (Wildman–Crippen LogP) is 3.54. The van der Waals surface area contributed by atoms with Gasteiger partial charge < -0.3 is 10.2 Å². The molecule has 21 heavy (non-hydrogen) atoms. The van der Waals surface area contributed by atoms with E-state index >= 15 is 0 Å². The first kappa shape index (κ1) is 13.4. The third-order valence-corrected chi connectivity index (χ3v) is 3.92. The highest BCUT2D eigenvalue weighted by Gasteiger charge is 2.07. The number of phenolic OH excluding ortho intramolecular Hbond substituents is 2. The van der Waals surface area contributed by atoms with E-state index in [-0.39, 0.29) is 11.5 Å². The number of nitrogens with one attached hydrogen (secondary N) is 1. The Morgan fingerprint density at radius 3 is 2.81 bits per heavy atom. The largest absolute Gasteiger partial charge is 0.508 e. The number of nitrogens with zero attached hydrogens (tertiary/aromatic N) is 2. The summed E-state index contributed by atoms with van der Waals surface area (Å²) in [6.07, 6.45) is 0. The zero-order valence-corrected chi connectivity index (χ0v) is 12.1. The van der Waals surface area contributed by atoms with Crippen molar-refractivity contribution < 1.29 is 10.2 Å². The lowest BCUT2D eigenvalue weighted by atomic mass is 10.1. The number of aromatic hydroxyl groups is 2. The van der Waals surface area contributed by atoms with Crippen molar-refractivity contribution in [1.82, 2.24) is 4.98 Å². The molecule has 6 heteroatoms. The lowest BCUT2D eigenvalue weighted by molar-refractivity contribution is 0.459. The van der Waals surface area contributed by atoms with Crippen LogP contribution < -0.4 is 5.43 Å². The number of phenols is 2. The Labute approximate surface area is 125 Å². The standard InChI is InChI=1S/C15H13N3O2S/c1-9(11-8-10(19)6-7-13(11)20)17-18-15-16-12-4-2-3-5-14(12)21-15/h2-8,19-20H,1H3,(H,16,18)/b17-9+. The van der Waals surface area contributed by atoms with E-state index in [0.717, 1.165) is 10.2 Å². The van der Waals surface area contributed by atoms with Crippen molar-refractivity contribution in [3.63, 3.8) is 0 Å². The lowest BCUT2D eigenvalue weighted by Gasteiger charge is -2.04. The number of hydrogen-bond donors (Lipinski definition) is 3. The molecular formula is C15H13N3O2S. The van der Waals surface area contributed by atoms with Gasteiger partial charge in [0.05, 0.1) is 15.9 Å². The zero-order chi connectivity index (χ0) is 14.8. The van der Waals surface area contributed by atoms with Gasteiger partial charge in [-0.15, -0.1) is 0 Å². The Morgan fingerprint density at radius 1 is 1.19 bits per heavy atom. The molecule has 3 N–H and O–H groups in total. The molecule has 0 aliphatic carbocycles. The van der Waals surface area contributed by atoms with Crippen LogP contribution in [0.5, 0.6) is 11.5 Å². The number of para-hydroxylation sites is 1. The molecule has 0 aliphatic rings. The Bertz CT molecular complexity index is 794. The molecular weight excluding hydrogens is 286 g/mol. The van der Waals surface area contributed by atoms with E-state index in [9.17, 15) is 10.2 Å². The molecule has 2 aromatic carbocycles. The van der Waals surface area contributed by atoms with E-state index in [1.807, 2.05) is 24.3 Å². The molecule has 0 atom stereocenters. The average molecular weight is 299 g/mol. The summed E-state index contributed by atoms with van der Waals surface area (Å²) in [6.45, 7) is 1.74. The van der Waals surface area contributed by atoms with Gasteiger partial charge in [0.25, 0.3) is 0 Å². The SMILES string of the molecule is C/C(=N\Nc1nc2ccccc2s1)c1cc(O)ccc1O. The molecule has 0 spiro atoms. The number of hydrogen-bond acceptors (Lipinski definition) is 6. The Balaban J connectivity index is 1.86. The van der Waals surface area contributed by atoms with Crippen molar-refractivity contribution in [2.45, 2.75) is 6.92 Å². The molecule has 0 aliphatic heterocycles. The summed E-state index contributed by atoms with van der Waals surface area (Å²) in [6, 6.07) is 12.2. The Hall–Kier alpha value is -2.60. The minimum atomic E-state index is 0.0696. The highest BCUT2D eigenvalue weighted by Crippen LogP contribution is 2.26. The van der Waals surface area contributed by atoms with Crippen molar-refractivity contribution >= 4 is 32.4 Å². The summed E-state index contributed by atoms with van der Waals surface area (Å²) in [5.74, 6) is 0.150. The van der Waals surface area contributed by atoms with Gasteiger partial charge >= 0.3 is 0 Å². The summed E-state index contributed by atoms with van der Waals surface area (Å²) < 4.78 is 1.08. The van der Waals surface area contributed by atoms with Gasteiger partial charge in [0.2, 0.25) is 5.13 Å². The van der Waals surface area contributed by atoms with Gasteiger partial charge in [-0.25, -0.2) is 4.98 Å². The smallest absolute Gasteiger partial charge is 0.204 e. The number of thiazole rings is 1. The normalized spacial score (nSPS) is 11.8. The van der Waals surface area contributed by atoms with Gasteiger partial charge in [-0.1, -0.05) is 23.5 Å². The monoisotopic (exact) mass is 299 g/mol. The molecule has 0 fully saturated rings. The topological polar surface area (TPSA) is 77.7 Å². The molecule has 3 rings (SSSR count). The second kappa shape index (κ2) is 5.41. The van der Waals surface area contributed by atoms with E-state index in [1.165, 1.54) is 29.5 Å². The van der Waals surface area contributed by atoms with Crippen molar-refractivity contribution in [3.05, 3.63) is 48.0 Å². The second-order valence-electron chi connectivity index (χ2n) is 4.50. The van der Waals surface area contributed by atoms with Crippen molar-refractivity contribution in [3.8, 4) is 11.5 Å². The summed E-state index contributed by atoms with van der Waals surface area (Å²) in [5, 5.41) is 24.1.